The van der Waals surface area contributed by atoms with Crippen LogP contribution in [0, 0.1) is 5.92 Å². The highest BCUT2D eigenvalue weighted by Gasteiger charge is 2.38. The number of hydrogen-bond donors (Lipinski definition) is 4. The minimum absolute atomic E-state index is 0.00107. The number of nitrogens with one attached hydrogen (secondary N) is 2. The second-order valence-electron chi connectivity index (χ2n) is 7.73. The van der Waals surface area contributed by atoms with Crippen LogP contribution in [-0.2, 0) is 16.1 Å². The highest BCUT2D eigenvalue weighted by atomic mass is 32.2. The van der Waals surface area contributed by atoms with Gasteiger partial charge in [-0.2, -0.15) is 11.8 Å². The van der Waals surface area contributed by atoms with E-state index in [0.29, 0.717) is 18.0 Å². The Morgan fingerprint density at radius 1 is 1.09 bits per heavy atom. The van der Waals surface area contributed by atoms with Crippen molar-refractivity contribution >= 4 is 23.5 Å². The molecule has 2 aromatic rings. The fraction of sp³-hybridized carbons (Fsp3) is 0.458. The van der Waals surface area contributed by atoms with Gasteiger partial charge in [0.15, 0.2) is 6.29 Å². The van der Waals surface area contributed by atoms with E-state index in [1.807, 2.05) is 55.5 Å². The predicted octanol–water partition coefficient (Wildman–Crippen LogP) is 3.84. The molecule has 0 unspecified atom stereocenters. The Labute approximate surface area is 193 Å². The van der Waals surface area contributed by atoms with E-state index in [0.717, 1.165) is 22.4 Å². The van der Waals surface area contributed by atoms with E-state index in [-0.39, 0.29) is 37.4 Å². The SMILES string of the molecule is CCNC(=O)Nc1cccc([C@H]2O[C@@H](CSCCO)[C@@H](C)[C@@H](c3ccc(CO)cc3)O2)c1. The monoisotopic (exact) mass is 460 g/mol. The molecule has 2 amide bonds. The molecule has 2 aromatic carbocycles. The van der Waals surface area contributed by atoms with Crippen LogP contribution in [0.25, 0.3) is 0 Å². The highest BCUT2D eigenvalue weighted by Crippen LogP contribution is 2.42. The van der Waals surface area contributed by atoms with Gasteiger partial charge in [0, 0.05) is 35.2 Å². The highest BCUT2D eigenvalue weighted by molar-refractivity contribution is 7.99. The molecule has 1 aliphatic heterocycles. The molecule has 0 saturated carbocycles. The van der Waals surface area contributed by atoms with Crippen LogP contribution < -0.4 is 10.6 Å². The summed E-state index contributed by atoms with van der Waals surface area (Å²) in [5, 5.41) is 24.1. The molecule has 0 bridgehead atoms. The number of carbonyl (C=O) groups is 1. The van der Waals surface area contributed by atoms with Crippen molar-refractivity contribution in [2.75, 3.05) is 30.0 Å². The predicted molar refractivity (Wildman–Crippen MR) is 127 cm³/mol. The summed E-state index contributed by atoms with van der Waals surface area (Å²) in [6, 6.07) is 15.0. The molecular weight excluding hydrogens is 428 g/mol. The average Bonchev–Trinajstić information content (AvgIpc) is 2.80. The number of aliphatic hydroxyl groups excluding tert-OH is 2. The van der Waals surface area contributed by atoms with Gasteiger partial charge < -0.3 is 30.3 Å². The first kappa shape index (κ1) is 24.5. The standard InChI is InChI=1S/C24H32N2O5S/c1-3-25-24(29)26-20-6-4-5-19(13-20)23-30-21(15-32-12-11-27)16(2)22(31-23)18-9-7-17(14-28)8-10-18/h4-10,13,16,21-23,27-28H,3,11-12,14-15H2,1-2H3,(H2,25,26,29)/t16-,21+,22+,23+/m1/s1. The fourth-order valence-corrected chi connectivity index (χ4v) is 4.58. The van der Waals surface area contributed by atoms with Crippen LogP contribution in [0.15, 0.2) is 48.5 Å². The summed E-state index contributed by atoms with van der Waals surface area (Å²) in [4.78, 5) is 11.9. The van der Waals surface area contributed by atoms with E-state index in [4.69, 9.17) is 14.6 Å². The van der Waals surface area contributed by atoms with Gasteiger partial charge in [-0.15, -0.1) is 0 Å². The number of amides is 2. The number of benzene rings is 2. The number of ether oxygens (including phenoxy) is 2. The van der Waals surface area contributed by atoms with Crippen molar-refractivity contribution in [1.29, 1.82) is 0 Å². The van der Waals surface area contributed by atoms with Gasteiger partial charge in [0.05, 0.1) is 25.4 Å². The topological polar surface area (TPSA) is 100 Å². The number of hydrogen-bond acceptors (Lipinski definition) is 6. The van der Waals surface area contributed by atoms with Gasteiger partial charge in [-0.25, -0.2) is 4.79 Å². The Morgan fingerprint density at radius 3 is 2.56 bits per heavy atom. The molecule has 1 fully saturated rings. The van der Waals surface area contributed by atoms with Crippen molar-refractivity contribution in [3.63, 3.8) is 0 Å². The van der Waals surface area contributed by atoms with Gasteiger partial charge in [-0.1, -0.05) is 43.3 Å². The first-order valence-corrected chi connectivity index (χ1v) is 12.0. The Hall–Kier alpha value is -2.10. The zero-order valence-electron chi connectivity index (χ0n) is 18.5. The number of carbonyl (C=O) groups excluding carboxylic acids is 1. The van der Waals surface area contributed by atoms with Gasteiger partial charge in [0.25, 0.3) is 0 Å². The molecule has 174 valence electrons. The Bertz CT molecular complexity index is 864. The van der Waals surface area contributed by atoms with Crippen LogP contribution in [0.3, 0.4) is 0 Å². The summed E-state index contributed by atoms with van der Waals surface area (Å²) in [5.74, 6) is 1.48. The lowest BCUT2D eigenvalue weighted by Gasteiger charge is -2.41. The van der Waals surface area contributed by atoms with Crippen molar-refractivity contribution in [1.82, 2.24) is 5.32 Å². The largest absolute Gasteiger partial charge is 0.396 e. The maximum Gasteiger partial charge on any atom is 0.319 e. The van der Waals surface area contributed by atoms with Gasteiger partial charge in [0.1, 0.15) is 0 Å². The quantitative estimate of drug-likeness (QED) is 0.425. The molecule has 1 aliphatic rings. The second-order valence-corrected chi connectivity index (χ2v) is 8.88. The molecule has 8 heteroatoms. The fourth-order valence-electron chi connectivity index (χ4n) is 3.67. The molecule has 4 N–H and O–H groups in total. The first-order valence-electron chi connectivity index (χ1n) is 10.9. The molecule has 1 saturated heterocycles. The minimum Gasteiger partial charge on any atom is -0.396 e. The molecule has 0 spiro atoms. The van der Waals surface area contributed by atoms with E-state index in [2.05, 4.69) is 17.6 Å². The first-order chi connectivity index (χ1) is 15.5. The molecule has 0 aromatic heterocycles. The summed E-state index contributed by atoms with van der Waals surface area (Å²) in [6.07, 6.45) is -0.863. The zero-order chi connectivity index (χ0) is 22.9. The van der Waals surface area contributed by atoms with Crippen molar-refractivity contribution in [3.05, 3.63) is 65.2 Å². The Balaban J connectivity index is 1.83. The summed E-state index contributed by atoms with van der Waals surface area (Å²) in [5.41, 5.74) is 3.36. The molecule has 32 heavy (non-hydrogen) atoms. The van der Waals surface area contributed by atoms with Crippen LogP contribution in [0.1, 0.15) is 42.9 Å². The van der Waals surface area contributed by atoms with Gasteiger partial charge >= 0.3 is 6.03 Å². The molecule has 0 aliphatic carbocycles. The number of rotatable bonds is 9. The van der Waals surface area contributed by atoms with E-state index in [1.54, 1.807) is 11.8 Å². The lowest BCUT2D eigenvalue weighted by molar-refractivity contribution is -0.268. The smallest absolute Gasteiger partial charge is 0.319 e. The lowest BCUT2D eigenvalue weighted by Crippen LogP contribution is -2.38. The van der Waals surface area contributed by atoms with E-state index < -0.39 is 6.29 Å². The summed E-state index contributed by atoms with van der Waals surface area (Å²) < 4.78 is 12.8. The third kappa shape index (κ3) is 6.46. The van der Waals surface area contributed by atoms with Crippen molar-refractivity contribution in [3.8, 4) is 0 Å². The maximum atomic E-state index is 11.9. The maximum absolute atomic E-state index is 11.9. The van der Waals surface area contributed by atoms with Crippen LogP contribution in [0.4, 0.5) is 10.5 Å². The number of urea groups is 1. The number of aliphatic hydroxyl groups is 2. The number of thioether (sulfide) groups is 1. The van der Waals surface area contributed by atoms with Crippen LogP contribution in [-0.4, -0.2) is 47.0 Å². The van der Waals surface area contributed by atoms with Crippen molar-refractivity contribution < 1.29 is 24.5 Å². The number of anilines is 1. The molecule has 4 atom stereocenters. The van der Waals surface area contributed by atoms with Gasteiger partial charge in [0.2, 0.25) is 0 Å². The van der Waals surface area contributed by atoms with Crippen molar-refractivity contribution in [2.45, 2.75) is 39.0 Å². The van der Waals surface area contributed by atoms with E-state index in [9.17, 15) is 9.90 Å². The molecular formula is C24H32N2O5S. The Kier molecular flexibility index (Phi) is 9.37. The van der Waals surface area contributed by atoms with Gasteiger partial charge in [-0.3, -0.25) is 0 Å². The third-order valence-corrected chi connectivity index (χ3v) is 6.43. The molecule has 1 heterocycles. The normalized spacial score (nSPS) is 23.0. The lowest BCUT2D eigenvalue weighted by atomic mass is 9.91. The molecule has 0 radical (unpaired) electrons. The van der Waals surface area contributed by atoms with E-state index >= 15 is 0 Å². The van der Waals surface area contributed by atoms with E-state index in [1.165, 1.54) is 0 Å². The van der Waals surface area contributed by atoms with Crippen LogP contribution >= 0.6 is 11.8 Å². The zero-order valence-corrected chi connectivity index (χ0v) is 19.3. The molecule has 3 rings (SSSR count). The third-order valence-electron chi connectivity index (χ3n) is 5.40. The minimum atomic E-state index is -0.593. The summed E-state index contributed by atoms with van der Waals surface area (Å²) >= 11 is 1.65. The Morgan fingerprint density at radius 2 is 1.88 bits per heavy atom. The van der Waals surface area contributed by atoms with Crippen molar-refractivity contribution in [2.24, 2.45) is 5.92 Å². The van der Waals surface area contributed by atoms with Gasteiger partial charge in [-0.05, 0) is 30.2 Å². The van der Waals surface area contributed by atoms with Crippen LogP contribution in [0.2, 0.25) is 0 Å². The van der Waals surface area contributed by atoms with Crippen LogP contribution in [0.5, 0.6) is 0 Å². The molecule has 7 nitrogen and oxygen atoms in total. The second kappa shape index (κ2) is 12.2. The summed E-state index contributed by atoms with van der Waals surface area (Å²) in [6.45, 7) is 4.65. The average molecular weight is 461 g/mol. The summed E-state index contributed by atoms with van der Waals surface area (Å²) in [7, 11) is 0.